The number of rotatable bonds is 8. The smallest absolute Gasteiger partial charge is 0.481 e. The highest BCUT2D eigenvalue weighted by Crippen LogP contribution is 2.32. The lowest BCUT2D eigenvalue weighted by molar-refractivity contribution is -0.274. The van der Waals surface area contributed by atoms with Gasteiger partial charge in [0.1, 0.15) is 5.75 Å². The zero-order valence-electron chi connectivity index (χ0n) is 18.3. The molecule has 2 atom stereocenters. The summed E-state index contributed by atoms with van der Waals surface area (Å²) in [6.07, 6.45) is -4.28. The molecule has 0 radical (unpaired) electrons. The van der Waals surface area contributed by atoms with Crippen LogP contribution in [0.4, 0.5) is 13.2 Å². The minimum atomic E-state index is -4.77. The molecule has 2 aromatic rings. The second-order valence-electron chi connectivity index (χ2n) is 8.90. The van der Waals surface area contributed by atoms with E-state index in [-0.39, 0.29) is 42.4 Å². The van der Waals surface area contributed by atoms with Crippen molar-refractivity contribution in [3.05, 3.63) is 30.2 Å². The van der Waals surface area contributed by atoms with Gasteiger partial charge in [0.25, 0.3) is 0 Å². The molecule has 1 saturated heterocycles. The van der Waals surface area contributed by atoms with E-state index in [2.05, 4.69) is 20.2 Å². The molecule has 33 heavy (non-hydrogen) atoms. The molecule has 12 heteroatoms. The molecule has 0 aliphatic carbocycles. The molecule has 180 valence electrons. The number of amides is 1. The van der Waals surface area contributed by atoms with Gasteiger partial charge in [-0.2, -0.15) is 4.98 Å². The molecule has 1 aromatic carbocycles. The summed E-state index contributed by atoms with van der Waals surface area (Å²) in [6, 6.07) is 4.70. The van der Waals surface area contributed by atoms with Crippen molar-refractivity contribution in [1.29, 1.82) is 0 Å². The molecular weight excluding hydrogens is 445 g/mol. The second kappa shape index (κ2) is 9.38. The summed E-state index contributed by atoms with van der Waals surface area (Å²) < 4.78 is 46.1. The molecule has 1 aliphatic heterocycles. The number of benzene rings is 1. The fraction of sp³-hybridized carbons (Fsp3) is 0.524. The van der Waals surface area contributed by atoms with Gasteiger partial charge in [-0.1, -0.05) is 19.0 Å². The summed E-state index contributed by atoms with van der Waals surface area (Å²) in [5.41, 5.74) is -0.201. The average Bonchev–Trinajstić information content (AvgIpc) is 3.26. The number of halogens is 3. The summed E-state index contributed by atoms with van der Waals surface area (Å²) in [5.74, 6) is -0.989. The van der Waals surface area contributed by atoms with Crippen LogP contribution < -0.4 is 10.1 Å². The fourth-order valence-electron chi connectivity index (χ4n) is 3.87. The Balaban J connectivity index is 1.60. The zero-order chi connectivity index (χ0) is 24.4. The van der Waals surface area contributed by atoms with Crippen molar-refractivity contribution in [2.45, 2.75) is 51.6 Å². The van der Waals surface area contributed by atoms with Crippen molar-refractivity contribution in [1.82, 2.24) is 20.4 Å². The lowest BCUT2D eigenvalue weighted by atomic mass is 9.85. The van der Waals surface area contributed by atoms with Gasteiger partial charge in [-0.25, -0.2) is 0 Å². The molecule has 3 rings (SSSR count). The van der Waals surface area contributed by atoms with Crippen molar-refractivity contribution >= 4 is 11.9 Å². The molecular formula is C21H25F3N4O5. The number of nitrogens with zero attached hydrogens (tertiary/aromatic N) is 3. The first kappa shape index (κ1) is 24.5. The maximum absolute atomic E-state index is 12.4. The third kappa shape index (κ3) is 6.91. The number of carbonyl (C=O) groups is 2. The monoisotopic (exact) mass is 470 g/mol. The number of nitrogens with one attached hydrogen (secondary N) is 1. The topological polar surface area (TPSA) is 118 Å². The number of likely N-dealkylation sites (N-methyl/N-ethyl adjacent to an activating group) is 1. The quantitative estimate of drug-likeness (QED) is 0.603. The highest BCUT2D eigenvalue weighted by Gasteiger charge is 2.36. The van der Waals surface area contributed by atoms with Crippen molar-refractivity contribution in [2.24, 2.45) is 5.41 Å². The Hall–Kier alpha value is -3.15. The second-order valence-corrected chi connectivity index (χ2v) is 8.90. The summed E-state index contributed by atoms with van der Waals surface area (Å²) in [4.78, 5) is 29.7. The third-order valence-electron chi connectivity index (χ3n) is 5.26. The molecule has 1 aromatic heterocycles. The van der Waals surface area contributed by atoms with E-state index in [4.69, 9.17) is 9.63 Å². The Morgan fingerprint density at radius 2 is 1.91 bits per heavy atom. The Labute approximate surface area is 187 Å². The Morgan fingerprint density at radius 3 is 2.52 bits per heavy atom. The number of likely N-dealkylation sites (tertiary alicyclic amines) is 1. The van der Waals surface area contributed by atoms with E-state index in [1.807, 2.05) is 11.9 Å². The van der Waals surface area contributed by atoms with E-state index in [0.29, 0.717) is 24.4 Å². The van der Waals surface area contributed by atoms with Crippen molar-refractivity contribution < 1.29 is 37.1 Å². The third-order valence-corrected chi connectivity index (χ3v) is 5.26. The number of carboxylic acid groups (broad SMARTS) is 1. The van der Waals surface area contributed by atoms with Gasteiger partial charge in [0, 0.05) is 24.6 Å². The van der Waals surface area contributed by atoms with Crippen LogP contribution in [0.1, 0.15) is 45.0 Å². The lowest BCUT2D eigenvalue weighted by Gasteiger charge is -2.22. The molecule has 1 fully saturated rings. The number of carbonyl (C=O) groups excluding carboxylic acids is 1. The number of aromatic nitrogens is 2. The molecule has 0 bridgehead atoms. The maximum Gasteiger partial charge on any atom is 0.573 e. The Kier molecular flexibility index (Phi) is 6.96. The zero-order valence-corrected chi connectivity index (χ0v) is 18.3. The van der Waals surface area contributed by atoms with Crippen LogP contribution in [0.2, 0.25) is 0 Å². The molecule has 2 heterocycles. The van der Waals surface area contributed by atoms with Gasteiger partial charge in [0.2, 0.25) is 17.6 Å². The first-order valence-electron chi connectivity index (χ1n) is 10.2. The number of carboxylic acids is 1. The molecule has 1 amide bonds. The van der Waals surface area contributed by atoms with Crippen LogP contribution in [0.5, 0.6) is 5.75 Å². The van der Waals surface area contributed by atoms with E-state index in [9.17, 15) is 22.8 Å². The van der Waals surface area contributed by atoms with Crippen LogP contribution in [0.15, 0.2) is 28.8 Å². The summed E-state index contributed by atoms with van der Waals surface area (Å²) >= 11 is 0. The minimum Gasteiger partial charge on any atom is -0.481 e. The largest absolute Gasteiger partial charge is 0.573 e. The number of hydrogen-bond acceptors (Lipinski definition) is 7. The summed E-state index contributed by atoms with van der Waals surface area (Å²) in [5, 5.41) is 15.8. The standard InChI is InChI=1S/C21H25F3N4O5/c1-20(2,10-17(30)31)9-16(29)25-13-8-15(28(3)11-13)19-26-18(27-33-19)12-4-6-14(7-5-12)32-21(22,23)24/h4-7,13,15H,8-11H2,1-3H3,(H,25,29)(H,30,31)/t13-,15+/m1/s1. The Bertz CT molecular complexity index is 991. The molecule has 9 nitrogen and oxygen atoms in total. The van der Waals surface area contributed by atoms with Gasteiger partial charge < -0.3 is 19.7 Å². The highest BCUT2D eigenvalue weighted by molar-refractivity contribution is 5.78. The molecule has 1 aliphatic rings. The first-order valence-corrected chi connectivity index (χ1v) is 10.2. The van der Waals surface area contributed by atoms with E-state index < -0.39 is 17.7 Å². The average molecular weight is 470 g/mol. The maximum atomic E-state index is 12.4. The highest BCUT2D eigenvalue weighted by atomic mass is 19.4. The van der Waals surface area contributed by atoms with E-state index in [1.165, 1.54) is 12.1 Å². The van der Waals surface area contributed by atoms with E-state index >= 15 is 0 Å². The van der Waals surface area contributed by atoms with Crippen molar-refractivity contribution in [3.63, 3.8) is 0 Å². The minimum absolute atomic E-state index is 0.0862. The van der Waals surface area contributed by atoms with Gasteiger partial charge in [-0.3, -0.25) is 14.5 Å². The van der Waals surface area contributed by atoms with Crippen LogP contribution in [0, 0.1) is 5.41 Å². The van der Waals surface area contributed by atoms with Crippen LogP contribution in [-0.4, -0.2) is 58.0 Å². The lowest BCUT2D eigenvalue weighted by Crippen LogP contribution is -2.38. The summed E-state index contributed by atoms with van der Waals surface area (Å²) in [7, 11) is 1.85. The van der Waals surface area contributed by atoms with Crippen LogP contribution in [0.3, 0.4) is 0 Å². The van der Waals surface area contributed by atoms with Crippen LogP contribution >= 0.6 is 0 Å². The fourth-order valence-corrected chi connectivity index (χ4v) is 3.87. The number of ether oxygens (including phenoxy) is 1. The molecule has 0 spiro atoms. The van der Waals surface area contributed by atoms with Gasteiger partial charge in [0.15, 0.2) is 0 Å². The predicted molar refractivity (Wildman–Crippen MR) is 109 cm³/mol. The van der Waals surface area contributed by atoms with Crippen molar-refractivity contribution in [3.8, 4) is 17.1 Å². The van der Waals surface area contributed by atoms with Crippen LogP contribution in [0.25, 0.3) is 11.4 Å². The molecule has 0 unspecified atom stereocenters. The molecule has 2 N–H and O–H groups in total. The normalized spacial score (nSPS) is 19.5. The van der Waals surface area contributed by atoms with Gasteiger partial charge >= 0.3 is 12.3 Å². The van der Waals surface area contributed by atoms with E-state index in [0.717, 1.165) is 12.1 Å². The number of hydrogen-bond donors (Lipinski definition) is 2. The van der Waals surface area contributed by atoms with Gasteiger partial charge in [0.05, 0.1) is 12.5 Å². The first-order chi connectivity index (χ1) is 15.3. The van der Waals surface area contributed by atoms with Gasteiger partial charge in [-0.15, -0.1) is 13.2 Å². The summed E-state index contributed by atoms with van der Waals surface area (Å²) in [6.45, 7) is 4.00. The van der Waals surface area contributed by atoms with Crippen molar-refractivity contribution in [2.75, 3.05) is 13.6 Å². The molecule has 0 saturated carbocycles. The number of alkyl halides is 3. The van der Waals surface area contributed by atoms with Crippen LogP contribution in [-0.2, 0) is 9.59 Å². The SMILES string of the molecule is CN1C[C@H](NC(=O)CC(C)(C)CC(=O)O)C[C@H]1c1nc(-c2ccc(OC(F)(F)F)cc2)no1. The van der Waals surface area contributed by atoms with Gasteiger partial charge in [-0.05, 0) is 43.1 Å². The Morgan fingerprint density at radius 1 is 1.24 bits per heavy atom. The number of aliphatic carboxylic acids is 1. The predicted octanol–water partition coefficient (Wildman–Crippen LogP) is 3.39. The van der Waals surface area contributed by atoms with E-state index in [1.54, 1.807) is 13.8 Å².